The van der Waals surface area contributed by atoms with Gasteiger partial charge >= 0.3 is 5.97 Å². The lowest BCUT2D eigenvalue weighted by molar-refractivity contribution is -0.139. The molecular formula is C13H14ClN3O2. The lowest BCUT2D eigenvalue weighted by atomic mass is 10.1. The zero-order valence-corrected chi connectivity index (χ0v) is 11.3. The number of imidazole rings is 1. The number of anilines is 1. The van der Waals surface area contributed by atoms with Crippen LogP contribution in [0.3, 0.4) is 0 Å². The van der Waals surface area contributed by atoms with E-state index < -0.39 is 0 Å². The number of methoxy groups -OCH3 is 1. The maximum atomic E-state index is 11.4. The van der Waals surface area contributed by atoms with E-state index in [4.69, 9.17) is 17.3 Å². The second-order valence-corrected chi connectivity index (χ2v) is 5.19. The molecule has 0 saturated heterocycles. The molecule has 0 amide bonds. The number of benzene rings is 1. The third-order valence-electron chi connectivity index (χ3n) is 3.39. The van der Waals surface area contributed by atoms with Crippen molar-refractivity contribution < 1.29 is 9.53 Å². The number of nitrogens with one attached hydrogen (secondary N) is 1. The predicted octanol–water partition coefficient (Wildman–Crippen LogP) is 2.39. The fourth-order valence-electron chi connectivity index (χ4n) is 2.12. The maximum absolute atomic E-state index is 11.4. The minimum Gasteiger partial charge on any atom is -0.469 e. The van der Waals surface area contributed by atoms with Crippen molar-refractivity contribution >= 4 is 34.3 Å². The summed E-state index contributed by atoms with van der Waals surface area (Å²) in [4.78, 5) is 19.1. The number of esters is 1. The number of fused-ring (bicyclic) bond motifs is 1. The van der Waals surface area contributed by atoms with Gasteiger partial charge in [-0.2, -0.15) is 0 Å². The maximum Gasteiger partial charge on any atom is 0.310 e. The molecule has 1 aromatic heterocycles. The summed E-state index contributed by atoms with van der Waals surface area (Å²) in [5.74, 6) is 1.12. The molecule has 6 heteroatoms. The molecule has 1 fully saturated rings. The van der Waals surface area contributed by atoms with E-state index >= 15 is 0 Å². The first kappa shape index (κ1) is 12.3. The number of carbonyl (C=O) groups excluding carboxylic acids is 1. The molecule has 1 heterocycles. The Kier molecular flexibility index (Phi) is 2.86. The average Bonchev–Trinajstić information content (AvgIpc) is 3.16. The lowest BCUT2D eigenvalue weighted by Gasteiger charge is -2.06. The molecule has 0 unspecified atom stereocenters. The van der Waals surface area contributed by atoms with Crippen molar-refractivity contribution in [2.45, 2.75) is 25.2 Å². The van der Waals surface area contributed by atoms with Crippen LogP contribution < -0.4 is 5.73 Å². The Labute approximate surface area is 115 Å². The van der Waals surface area contributed by atoms with Crippen molar-refractivity contribution in [1.82, 2.24) is 9.97 Å². The normalized spacial score (nSPS) is 14.8. The number of halogens is 1. The van der Waals surface area contributed by atoms with Gasteiger partial charge in [0.25, 0.3) is 0 Å². The molecule has 0 aliphatic heterocycles. The Morgan fingerprint density at radius 1 is 1.63 bits per heavy atom. The quantitative estimate of drug-likeness (QED) is 0.668. The van der Waals surface area contributed by atoms with Crippen LogP contribution in [0.1, 0.15) is 30.1 Å². The highest BCUT2D eigenvalue weighted by atomic mass is 35.5. The first-order chi connectivity index (χ1) is 9.10. The Hall–Kier alpha value is -1.75. The minimum absolute atomic E-state index is 0.107. The number of rotatable bonds is 3. The topological polar surface area (TPSA) is 81.0 Å². The summed E-state index contributed by atoms with van der Waals surface area (Å²) >= 11 is 6.24. The first-order valence-corrected chi connectivity index (χ1v) is 6.51. The number of H-pyrrole nitrogens is 1. The third-order valence-corrected chi connectivity index (χ3v) is 3.77. The van der Waals surface area contributed by atoms with Gasteiger partial charge in [-0.1, -0.05) is 11.6 Å². The standard InChI is InChI=1S/C13H14ClN3O2/c1-19-9(18)5-7-4-8-12(10(14)11(7)15)17-13(16-8)6-2-3-6/h4,6H,2-3,5,15H2,1H3,(H,16,17). The molecule has 1 saturated carbocycles. The number of hydrogen-bond donors (Lipinski definition) is 2. The molecule has 0 radical (unpaired) electrons. The molecule has 0 bridgehead atoms. The molecule has 100 valence electrons. The van der Waals surface area contributed by atoms with Gasteiger partial charge in [0.05, 0.1) is 29.8 Å². The van der Waals surface area contributed by atoms with Crippen molar-refractivity contribution in [1.29, 1.82) is 0 Å². The molecule has 0 spiro atoms. The minimum atomic E-state index is -0.343. The highest BCUT2D eigenvalue weighted by Crippen LogP contribution is 2.40. The largest absolute Gasteiger partial charge is 0.469 e. The van der Waals surface area contributed by atoms with E-state index in [1.165, 1.54) is 7.11 Å². The summed E-state index contributed by atoms with van der Waals surface area (Å²) in [5.41, 5.74) is 8.51. The summed E-state index contributed by atoms with van der Waals surface area (Å²) in [7, 11) is 1.35. The van der Waals surface area contributed by atoms with Crippen molar-refractivity contribution in [2.75, 3.05) is 12.8 Å². The molecule has 0 atom stereocenters. The van der Waals surface area contributed by atoms with Crippen molar-refractivity contribution in [2.24, 2.45) is 0 Å². The number of hydrogen-bond acceptors (Lipinski definition) is 4. The van der Waals surface area contributed by atoms with Crippen LogP contribution in [0.15, 0.2) is 6.07 Å². The number of nitrogens with two attached hydrogens (primary N) is 1. The van der Waals surface area contributed by atoms with Crippen molar-refractivity contribution in [3.8, 4) is 0 Å². The lowest BCUT2D eigenvalue weighted by Crippen LogP contribution is -2.07. The summed E-state index contributed by atoms with van der Waals surface area (Å²) in [6.07, 6.45) is 2.42. The van der Waals surface area contributed by atoms with Gasteiger partial charge in [0.15, 0.2) is 0 Å². The van der Waals surface area contributed by atoms with Crippen LogP contribution in [0.5, 0.6) is 0 Å². The smallest absolute Gasteiger partial charge is 0.310 e. The van der Waals surface area contributed by atoms with Crippen LogP contribution in [0, 0.1) is 0 Å². The van der Waals surface area contributed by atoms with Gasteiger partial charge in [0.2, 0.25) is 0 Å². The van der Waals surface area contributed by atoms with Crippen LogP contribution >= 0.6 is 11.6 Å². The summed E-state index contributed by atoms with van der Waals surface area (Å²) in [6.45, 7) is 0. The highest BCUT2D eigenvalue weighted by molar-refractivity contribution is 6.37. The van der Waals surface area contributed by atoms with Gasteiger partial charge in [-0.25, -0.2) is 4.98 Å². The molecule has 3 rings (SSSR count). The van der Waals surface area contributed by atoms with E-state index in [9.17, 15) is 4.79 Å². The molecule has 1 aliphatic rings. The van der Waals surface area contributed by atoms with Crippen LogP contribution in [-0.2, 0) is 16.0 Å². The number of aromatic amines is 1. The SMILES string of the molecule is COC(=O)Cc1cc2[nH]c(C3CC3)nc2c(Cl)c1N. The Bertz CT molecular complexity index is 661. The monoisotopic (exact) mass is 279 g/mol. The molecule has 3 N–H and O–H groups in total. The Morgan fingerprint density at radius 3 is 3.00 bits per heavy atom. The van der Waals surface area contributed by atoms with E-state index in [-0.39, 0.29) is 12.4 Å². The first-order valence-electron chi connectivity index (χ1n) is 6.13. The number of carbonyl (C=O) groups is 1. The number of nitrogens with zero attached hydrogens (tertiary/aromatic N) is 1. The van der Waals surface area contributed by atoms with E-state index in [1.54, 1.807) is 0 Å². The summed E-state index contributed by atoms with van der Waals surface area (Å²) in [6, 6.07) is 1.83. The van der Waals surface area contributed by atoms with Crippen molar-refractivity contribution in [3.05, 3.63) is 22.5 Å². The van der Waals surface area contributed by atoms with Gasteiger partial charge in [0, 0.05) is 5.92 Å². The van der Waals surface area contributed by atoms with Gasteiger partial charge < -0.3 is 15.5 Å². The zero-order valence-electron chi connectivity index (χ0n) is 10.5. The second kappa shape index (κ2) is 4.42. The number of ether oxygens (including phenoxy) is 1. The Morgan fingerprint density at radius 2 is 2.37 bits per heavy atom. The van der Waals surface area contributed by atoms with E-state index in [0.29, 0.717) is 27.7 Å². The van der Waals surface area contributed by atoms with E-state index in [1.807, 2.05) is 6.07 Å². The van der Waals surface area contributed by atoms with Gasteiger partial charge in [-0.15, -0.1) is 0 Å². The van der Waals surface area contributed by atoms with E-state index in [2.05, 4.69) is 14.7 Å². The summed E-state index contributed by atoms with van der Waals surface area (Å²) in [5, 5.41) is 0.402. The number of nitrogen functional groups attached to an aromatic ring is 1. The van der Waals surface area contributed by atoms with E-state index in [0.717, 1.165) is 24.2 Å². The molecule has 19 heavy (non-hydrogen) atoms. The number of aromatic nitrogens is 2. The summed E-state index contributed by atoms with van der Waals surface area (Å²) < 4.78 is 4.65. The van der Waals surface area contributed by atoms with Crippen LogP contribution in [0.25, 0.3) is 11.0 Å². The molecule has 1 aliphatic carbocycles. The average molecular weight is 280 g/mol. The Balaban J connectivity index is 2.08. The van der Waals surface area contributed by atoms with Crippen LogP contribution in [-0.4, -0.2) is 23.0 Å². The van der Waals surface area contributed by atoms with Crippen LogP contribution in [0.4, 0.5) is 5.69 Å². The molecule has 2 aromatic rings. The highest BCUT2D eigenvalue weighted by Gasteiger charge is 2.27. The fourth-order valence-corrected chi connectivity index (χ4v) is 2.39. The van der Waals surface area contributed by atoms with Crippen molar-refractivity contribution in [3.63, 3.8) is 0 Å². The molecule has 1 aromatic carbocycles. The predicted molar refractivity (Wildman–Crippen MR) is 73.2 cm³/mol. The second-order valence-electron chi connectivity index (χ2n) is 4.81. The van der Waals surface area contributed by atoms with Gasteiger partial charge in [0.1, 0.15) is 11.3 Å². The molecule has 5 nitrogen and oxygen atoms in total. The van der Waals surface area contributed by atoms with Crippen LogP contribution in [0.2, 0.25) is 5.02 Å². The van der Waals surface area contributed by atoms with Gasteiger partial charge in [-0.3, -0.25) is 4.79 Å². The third kappa shape index (κ3) is 2.14. The fraction of sp³-hybridized carbons (Fsp3) is 0.385. The molecular weight excluding hydrogens is 266 g/mol. The van der Waals surface area contributed by atoms with Gasteiger partial charge in [-0.05, 0) is 24.5 Å². The zero-order chi connectivity index (χ0) is 13.6.